The van der Waals surface area contributed by atoms with Crippen molar-refractivity contribution in [1.82, 2.24) is 10.6 Å². The van der Waals surface area contributed by atoms with E-state index in [1.807, 2.05) is 0 Å². The van der Waals surface area contributed by atoms with Crippen LogP contribution >= 0.6 is 0 Å². The van der Waals surface area contributed by atoms with Gasteiger partial charge in [0.15, 0.2) is 0 Å². The SMILES string of the molecule is CCOc1c(C(=O)NCC2CCNC2)cccc1[N+](=O)[O-]. The Morgan fingerprint density at radius 2 is 2.38 bits per heavy atom. The van der Waals surface area contributed by atoms with Gasteiger partial charge in [0.1, 0.15) is 0 Å². The second kappa shape index (κ2) is 7.03. The summed E-state index contributed by atoms with van der Waals surface area (Å²) in [6.07, 6.45) is 1.02. The molecule has 1 aliphatic heterocycles. The first kappa shape index (κ1) is 15.2. The molecule has 0 radical (unpaired) electrons. The van der Waals surface area contributed by atoms with Crippen LogP contribution in [-0.2, 0) is 0 Å². The van der Waals surface area contributed by atoms with Gasteiger partial charge < -0.3 is 15.4 Å². The maximum absolute atomic E-state index is 12.2. The lowest BCUT2D eigenvalue weighted by molar-refractivity contribution is -0.385. The molecule has 1 amide bonds. The summed E-state index contributed by atoms with van der Waals surface area (Å²) >= 11 is 0. The molecule has 1 saturated heterocycles. The van der Waals surface area contributed by atoms with Crippen molar-refractivity contribution in [1.29, 1.82) is 0 Å². The standard InChI is InChI=1S/C14H19N3O4/c1-2-21-13-11(4-3-5-12(13)17(19)20)14(18)16-9-10-6-7-15-8-10/h3-5,10,15H,2,6-9H2,1H3,(H,16,18). The van der Waals surface area contributed by atoms with Crippen LogP contribution < -0.4 is 15.4 Å². The minimum absolute atomic E-state index is 0.0343. The monoisotopic (exact) mass is 293 g/mol. The van der Waals surface area contributed by atoms with E-state index in [4.69, 9.17) is 4.74 Å². The number of amides is 1. The molecule has 114 valence electrons. The van der Waals surface area contributed by atoms with E-state index in [1.54, 1.807) is 13.0 Å². The first-order valence-corrected chi connectivity index (χ1v) is 7.02. The topological polar surface area (TPSA) is 93.5 Å². The predicted molar refractivity (Wildman–Crippen MR) is 77.6 cm³/mol. The summed E-state index contributed by atoms with van der Waals surface area (Å²) < 4.78 is 5.31. The summed E-state index contributed by atoms with van der Waals surface area (Å²) in [5.74, 6) is 0.101. The maximum atomic E-state index is 12.2. The van der Waals surface area contributed by atoms with E-state index in [-0.39, 0.29) is 29.5 Å². The molecule has 1 aliphatic rings. The minimum Gasteiger partial charge on any atom is -0.487 e. The van der Waals surface area contributed by atoms with Gasteiger partial charge in [-0.05, 0) is 38.4 Å². The van der Waals surface area contributed by atoms with Crippen molar-refractivity contribution in [3.8, 4) is 5.75 Å². The van der Waals surface area contributed by atoms with Crippen LogP contribution in [0, 0.1) is 16.0 Å². The molecule has 7 nitrogen and oxygen atoms in total. The Morgan fingerprint density at radius 1 is 1.57 bits per heavy atom. The molecule has 1 aromatic carbocycles. The van der Waals surface area contributed by atoms with Crippen molar-refractivity contribution in [3.05, 3.63) is 33.9 Å². The molecule has 0 saturated carbocycles. The van der Waals surface area contributed by atoms with Gasteiger partial charge in [0, 0.05) is 12.6 Å². The zero-order valence-corrected chi connectivity index (χ0v) is 11.9. The van der Waals surface area contributed by atoms with E-state index in [9.17, 15) is 14.9 Å². The molecule has 1 unspecified atom stereocenters. The molecule has 7 heteroatoms. The van der Waals surface area contributed by atoms with Crippen LogP contribution in [0.1, 0.15) is 23.7 Å². The molecule has 0 aromatic heterocycles. The molecule has 1 atom stereocenters. The normalized spacial score (nSPS) is 17.5. The molecular weight excluding hydrogens is 274 g/mol. The Morgan fingerprint density at radius 3 is 3.00 bits per heavy atom. The number of hydrogen-bond donors (Lipinski definition) is 2. The zero-order valence-electron chi connectivity index (χ0n) is 11.9. The van der Waals surface area contributed by atoms with Gasteiger partial charge in [-0.2, -0.15) is 0 Å². The number of nitrogens with zero attached hydrogens (tertiary/aromatic N) is 1. The molecule has 21 heavy (non-hydrogen) atoms. The van der Waals surface area contributed by atoms with Gasteiger partial charge in [0.25, 0.3) is 5.91 Å². The first-order chi connectivity index (χ1) is 10.1. The second-order valence-electron chi connectivity index (χ2n) is 4.91. The van der Waals surface area contributed by atoms with Gasteiger partial charge >= 0.3 is 5.69 Å². The van der Waals surface area contributed by atoms with Crippen molar-refractivity contribution >= 4 is 11.6 Å². The number of benzene rings is 1. The lowest BCUT2D eigenvalue weighted by Crippen LogP contribution is -2.30. The minimum atomic E-state index is -0.539. The number of carbonyl (C=O) groups is 1. The van der Waals surface area contributed by atoms with Gasteiger partial charge in [0.2, 0.25) is 5.75 Å². The van der Waals surface area contributed by atoms with Crippen LogP contribution in [0.15, 0.2) is 18.2 Å². The molecular formula is C14H19N3O4. The van der Waals surface area contributed by atoms with Gasteiger partial charge in [-0.25, -0.2) is 0 Å². The fourth-order valence-corrected chi connectivity index (χ4v) is 2.36. The van der Waals surface area contributed by atoms with E-state index >= 15 is 0 Å². The van der Waals surface area contributed by atoms with Crippen LogP contribution in [0.3, 0.4) is 0 Å². The van der Waals surface area contributed by atoms with Gasteiger partial charge in [-0.15, -0.1) is 0 Å². The van der Waals surface area contributed by atoms with E-state index in [0.717, 1.165) is 19.5 Å². The summed E-state index contributed by atoms with van der Waals surface area (Å²) in [6, 6.07) is 4.37. The van der Waals surface area contributed by atoms with Crippen LogP contribution in [0.2, 0.25) is 0 Å². The third kappa shape index (κ3) is 3.69. The highest BCUT2D eigenvalue weighted by atomic mass is 16.6. The molecule has 0 spiro atoms. The Bertz CT molecular complexity index is 527. The molecule has 0 aliphatic carbocycles. The van der Waals surface area contributed by atoms with Crippen molar-refractivity contribution in [2.24, 2.45) is 5.92 Å². The van der Waals surface area contributed by atoms with Crippen molar-refractivity contribution in [3.63, 3.8) is 0 Å². The number of hydrogen-bond acceptors (Lipinski definition) is 5. The number of carbonyl (C=O) groups excluding carboxylic acids is 1. The number of ether oxygens (including phenoxy) is 1. The third-order valence-corrected chi connectivity index (χ3v) is 3.44. The highest BCUT2D eigenvalue weighted by molar-refractivity contribution is 5.98. The number of nitro groups is 1. The predicted octanol–water partition coefficient (Wildman–Crippen LogP) is 1.33. The van der Waals surface area contributed by atoms with Crippen LogP contribution in [0.5, 0.6) is 5.75 Å². The number of nitro benzene ring substituents is 1. The average Bonchev–Trinajstić information content (AvgIpc) is 2.98. The summed E-state index contributed by atoms with van der Waals surface area (Å²) in [6.45, 7) is 4.38. The van der Waals surface area contributed by atoms with E-state index in [2.05, 4.69) is 10.6 Å². The fraction of sp³-hybridized carbons (Fsp3) is 0.500. The Labute approximate surface area is 122 Å². The quantitative estimate of drug-likeness (QED) is 0.609. The molecule has 2 rings (SSSR count). The van der Waals surface area contributed by atoms with Crippen LogP contribution in [0.4, 0.5) is 5.69 Å². The van der Waals surface area contributed by atoms with Crippen molar-refractivity contribution in [2.45, 2.75) is 13.3 Å². The van der Waals surface area contributed by atoms with E-state index < -0.39 is 4.92 Å². The highest BCUT2D eigenvalue weighted by Crippen LogP contribution is 2.30. The van der Waals surface area contributed by atoms with E-state index in [0.29, 0.717) is 12.5 Å². The van der Waals surface area contributed by atoms with Gasteiger partial charge in [-0.1, -0.05) is 6.07 Å². The third-order valence-electron chi connectivity index (χ3n) is 3.44. The molecule has 2 N–H and O–H groups in total. The first-order valence-electron chi connectivity index (χ1n) is 7.02. The summed E-state index contributed by atoms with van der Waals surface area (Å²) in [7, 11) is 0. The zero-order chi connectivity index (χ0) is 15.2. The summed E-state index contributed by atoms with van der Waals surface area (Å²) in [5, 5.41) is 17.1. The summed E-state index contributed by atoms with van der Waals surface area (Å²) in [4.78, 5) is 22.7. The number of para-hydroxylation sites is 1. The largest absolute Gasteiger partial charge is 0.487 e. The lowest BCUT2D eigenvalue weighted by atomic mass is 10.1. The molecule has 1 aromatic rings. The van der Waals surface area contributed by atoms with E-state index in [1.165, 1.54) is 12.1 Å². The fourth-order valence-electron chi connectivity index (χ4n) is 2.36. The van der Waals surface area contributed by atoms with Gasteiger partial charge in [0.05, 0.1) is 17.1 Å². The van der Waals surface area contributed by atoms with Crippen molar-refractivity contribution < 1.29 is 14.5 Å². The second-order valence-corrected chi connectivity index (χ2v) is 4.91. The summed E-state index contributed by atoms with van der Waals surface area (Å²) in [5.41, 5.74) is 0.0176. The van der Waals surface area contributed by atoms with Crippen molar-refractivity contribution in [2.75, 3.05) is 26.2 Å². The van der Waals surface area contributed by atoms with Crippen LogP contribution in [0.25, 0.3) is 0 Å². The Kier molecular flexibility index (Phi) is 5.10. The molecule has 1 heterocycles. The van der Waals surface area contributed by atoms with Gasteiger partial charge in [-0.3, -0.25) is 14.9 Å². The smallest absolute Gasteiger partial charge is 0.311 e. The highest BCUT2D eigenvalue weighted by Gasteiger charge is 2.23. The maximum Gasteiger partial charge on any atom is 0.311 e. The Balaban J connectivity index is 2.14. The van der Waals surface area contributed by atoms with Crippen LogP contribution in [-0.4, -0.2) is 37.1 Å². The number of rotatable bonds is 6. The molecule has 0 bridgehead atoms. The average molecular weight is 293 g/mol. The Hall–Kier alpha value is -2.15. The number of nitrogens with one attached hydrogen (secondary N) is 2. The lowest BCUT2D eigenvalue weighted by Gasteiger charge is -2.13. The molecule has 1 fully saturated rings.